The number of ether oxygens (including phenoxy) is 1. The molecule has 0 spiro atoms. The van der Waals surface area contributed by atoms with Crippen molar-refractivity contribution in [2.75, 3.05) is 18.9 Å². The van der Waals surface area contributed by atoms with Gasteiger partial charge in [-0.2, -0.15) is 13.2 Å². The highest BCUT2D eigenvalue weighted by atomic mass is 35.5. The molecule has 2 aliphatic rings. The minimum absolute atomic E-state index is 0.107. The van der Waals surface area contributed by atoms with Crippen LogP contribution in [0.15, 0.2) is 46.6 Å². The highest BCUT2D eigenvalue weighted by Gasteiger charge is 2.41. The van der Waals surface area contributed by atoms with Gasteiger partial charge in [-0.1, -0.05) is 23.7 Å². The molecule has 2 fully saturated rings. The first-order valence-corrected chi connectivity index (χ1v) is 14.4. The Morgan fingerprint density at radius 1 is 1.19 bits per heavy atom. The molecule has 9 nitrogen and oxygen atoms in total. The number of amides is 1. The fourth-order valence-electron chi connectivity index (χ4n) is 4.91. The zero-order valence-electron chi connectivity index (χ0n) is 22.4. The van der Waals surface area contributed by atoms with Crippen LogP contribution >= 0.6 is 22.9 Å². The fourth-order valence-corrected chi connectivity index (χ4v) is 5.91. The molecule has 42 heavy (non-hydrogen) atoms. The van der Waals surface area contributed by atoms with Crippen molar-refractivity contribution in [1.82, 2.24) is 19.4 Å². The van der Waals surface area contributed by atoms with Gasteiger partial charge in [0.1, 0.15) is 17.4 Å². The van der Waals surface area contributed by atoms with Crippen LogP contribution in [0.2, 0.25) is 5.02 Å². The van der Waals surface area contributed by atoms with Crippen molar-refractivity contribution in [2.24, 2.45) is 0 Å². The van der Waals surface area contributed by atoms with Crippen LogP contribution in [0.25, 0.3) is 21.5 Å². The number of piperidine rings is 1. The Morgan fingerprint density at radius 2 is 1.93 bits per heavy atom. The number of nitrogen functional groups attached to an aromatic ring is 1. The number of alkyl halides is 3. The van der Waals surface area contributed by atoms with Crippen LogP contribution in [0.3, 0.4) is 0 Å². The lowest BCUT2D eigenvalue weighted by Crippen LogP contribution is -2.37. The van der Waals surface area contributed by atoms with Gasteiger partial charge >= 0.3 is 12.3 Å². The molecule has 6 rings (SSSR count). The van der Waals surface area contributed by atoms with Gasteiger partial charge in [0.05, 0.1) is 29.2 Å². The number of anilines is 1. The molecule has 0 saturated carbocycles. The molecule has 3 N–H and O–H groups in total. The van der Waals surface area contributed by atoms with Crippen molar-refractivity contribution in [1.29, 1.82) is 0 Å². The molecule has 14 heteroatoms. The van der Waals surface area contributed by atoms with E-state index in [1.165, 1.54) is 23.1 Å². The minimum atomic E-state index is -4.83. The molecule has 2 aliphatic heterocycles. The number of thiazole rings is 1. The predicted molar refractivity (Wildman–Crippen MR) is 154 cm³/mol. The summed E-state index contributed by atoms with van der Waals surface area (Å²) >= 11 is 6.82. The van der Waals surface area contributed by atoms with Crippen LogP contribution in [-0.2, 0) is 11.3 Å². The minimum Gasteiger partial charge on any atom is -0.447 e. The molecule has 4 heterocycles. The number of cyclic esters (lactones) is 1. The van der Waals surface area contributed by atoms with Crippen molar-refractivity contribution in [2.45, 2.75) is 51.1 Å². The number of rotatable bonds is 4. The summed E-state index contributed by atoms with van der Waals surface area (Å²) in [5, 5.41) is 11.6. The summed E-state index contributed by atoms with van der Waals surface area (Å²) in [6.45, 7) is 3.51. The summed E-state index contributed by atoms with van der Waals surface area (Å²) in [4.78, 5) is 34.2. The zero-order valence-corrected chi connectivity index (χ0v) is 24.0. The van der Waals surface area contributed by atoms with Crippen LogP contribution in [0.4, 0.5) is 23.7 Å². The summed E-state index contributed by atoms with van der Waals surface area (Å²) in [6, 6.07) is 10.5. The third-order valence-electron chi connectivity index (χ3n) is 7.17. The highest BCUT2D eigenvalue weighted by molar-refractivity contribution is 7.13. The number of aliphatic hydroxyl groups is 1. The van der Waals surface area contributed by atoms with Crippen molar-refractivity contribution in [3.63, 3.8) is 0 Å². The van der Waals surface area contributed by atoms with E-state index in [2.05, 4.69) is 9.97 Å². The predicted octanol–water partition coefficient (Wildman–Crippen LogP) is 5.70. The summed E-state index contributed by atoms with van der Waals surface area (Å²) in [6.07, 6.45) is -4.09. The van der Waals surface area contributed by atoms with Gasteiger partial charge in [-0.15, -0.1) is 11.3 Å². The van der Waals surface area contributed by atoms with Gasteiger partial charge in [0, 0.05) is 28.2 Å². The van der Waals surface area contributed by atoms with Crippen LogP contribution in [-0.4, -0.2) is 56.0 Å². The molecular weight excluding hydrogens is 595 g/mol. The summed E-state index contributed by atoms with van der Waals surface area (Å²) in [7, 11) is 0. The van der Waals surface area contributed by atoms with E-state index in [0.717, 1.165) is 41.7 Å². The maximum Gasteiger partial charge on any atom is 0.420 e. The van der Waals surface area contributed by atoms with E-state index in [-0.39, 0.29) is 34.3 Å². The second kappa shape index (κ2) is 11.9. The average Bonchev–Trinajstić information content (AvgIpc) is 3.59. The molecule has 222 valence electrons. The topological polar surface area (TPSA) is 124 Å². The molecule has 0 bridgehead atoms. The number of nitrogens with two attached hydrogens (primary N) is 1. The first-order valence-electron chi connectivity index (χ1n) is 13.1. The van der Waals surface area contributed by atoms with Gasteiger partial charge in [0.2, 0.25) is 0 Å². The Hall–Kier alpha value is -3.68. The summed E-state index contributed by atoms with van der Waals surface area (Å²) in [5.74, 6) is 0.459. The lowest BCUT2D eigenvalue weighted by atomic mass is 10.0. The van der Waals surface area contributed by atoms with Crippen molar-refractivity contribution >= 4 is 45.6 Å². The number of carbonyl (C=O) groups is 1. The molecule has 2 aromatic carbocycles. The molecule has 1 amide bonds. The monoisotopic (exact) mass is 621 g/mol. The quantitative estimate of drug-likeness (QED) is 0.280. The normalized spacial score (nSPS) is 17.4. The van der Waals surface area contributed by atoms with Gasteiger partial charge in [-0.05, 0) is 56.0 Å². The largest absolute Gasteiger partial charge is 0.447 e. The number of nitrogens with zero attached hydrogens (tertiary/aromatic N) is 4. The van der Waals surface area contributed by atoms with Crippen LogP contribution in [0.1, 0.15) is 42.4 Å². The van der Waals surface area contributed by atoms with E-state index in [0.29, 0.717) is 34.6 Å². The fraction of sp³-hybridized carbons (Fsp3) is 0.357. The Balaban J connectivity index is 0.000000295. The van der Waals surface area contributed by atoms with E-state index >= 15 is 0 Å². The second-order valence-corrected chi connectivity index (χ2v) is 11.4. The maximum atomic E-state index is 13.1. The van der Waals surface area contributed by atoms with Crippen molar-refractivity contribution in [3.8, 4) is 10.6 Å². The number of carbonyl (C=O) groups excluding carboxylic acids is 1. The smallest absolute Gasteiger partial charge is 0.420 e. The SMILES string of the molecule is Cc1nc2cc(-c3nc(C(O)C(F)(F)F)cs3)c(N)cc2c(=O)n1Cc1ccc(Cl)cc1.O=C1OCC2CCCCN12. The Bertz CT molecular complexity index is 1680. The first kappa shape index (κ1) is 29.8. The Morgan fingerprint density at radius 3 is 2.62 bits per heavy atom. The molecule has 2 aromatic heterocycles. The summed E-state index contributed by atoms with van der Waals surface area (Å²) in [5.41, 5.74) is 7.01. The Kier molecular flexibility index (Phi) is 8.44. The molecule has 4 aromatic rings. The van der Waals surface area contributed by atoms with Gasteiger partial charge < -0.3 is 20.5 Å². The van der Waals surface area contributed by atoms with Gasteiger partial charge in [-0.3, -0.25) is 9.36 Å². The first-order chi connectivity index (χ1) is 19.9. The molecule has 2 unspecified atom stereocenters. The van der Waals surface area contributed by atoms with Crippen molar-refractivity contribution in [3.05, 3.63) is 74.2 Å². The molecular formula is C28H27ClF3N5O4S. The second-order valence-electron chi connectivity index (χ2n) is 10.1. The van der Waals surface area contributed by atoms with Gasteiger partial charge in [0.15, 0.2) is 6.10 Å². The summed E-state index contributed by atoms with van der Waals surface area (Å²) < 4.78 is 44.7. The number of aliphatic hydroxyl groups excluding tert-OH is 1. The van der Waals surface area contributed by atoms with Crippen molar-refractivity contribution < 1.29 is 27.8 Å². The molecule has 2 saturated heterocycles. The third-order valence-corrected chi connectivity index (χ3v) is 8.32. The lowest BCUT2D eigenvalue weighted by Gasteiger charge is -2.25. The van der Waals surface area contributed by atoms with Crippen LogP contribution < -0.4 is 11.3 Å². The number of halogens is 4. The zero-order chi connectivity index (χ0) is 30.2. The molecule has 2 atom stereocenters. The molecule has 0 radical (unpaired) electrons. The highest BCUT2D eigenvalue weighted by Crippen LogP contribution is 2.37. The number of aryl methyl sites for hydroxylation is 1. The van der Waals surface area contributed by atoms with Crippen LogP contribution in [0, 0.1) is 6.92 Å². The maximum absolute atomic E-state index is 13.1. The van der Waals surface area contributed by atoms with E-state index in [1.54, 1.807) is 19.1 Å². The van der Waals surface area contributed by atoms with Gasteiger partial charge in [0.25, 0.3) is 5.56 Å². The number of hydrogen-bond acceptors (Lipinski definition) is 8. The number of benzene rings is 2. The van der Waals surface area contributed by atoms with E-state index < -0.39 is 18.0 Å². The lowest BCUT2D eigenvalue weighted by molar-refractivity contribution is -0.207. The average molecular weight is 622 g/mol. The number of hydrogen-bond donors (Lipinski definition) is 2. The molecule has 0 aliphatic carbocycles. The number of fused-ring (bicyclic) bond motifs is 2. The van der Waals surface area contributed by atoms with E-state index in [4.69, 9.17) is 22.1 Å². The standard InChI is InChI=1S/C21H16ClF3N4O2S.C7H11NO2/c1-10-27-16-7-13(19-28-17(9-32-19)18(30)21(23,24)25)15(26)6-14(16)20(31)29(10)8-11-2-4-12(22)5-3-11;9-7-8-4-2-1-3-6(8)5-10-7/h2-7,9,18,30H,8,26H2,1H3;6H,1-5H2. The van der Waals surface area contributed by atoms with E-state index in [9.17, 15) is 27.9 Å². The number of aromatic nitrogens is 3. The van der Waals surface area contributed by atoms with Crippen LogP contribution in [0.5, 0.6) is 0 Å². The van der Waals surface area contributed by atoms with Gasteiger partial charge in [-0.25, -0.2) is 14.8 Å². The van der Waals surface area contributed by atoms with E-state index in [1.807, 2.05) is 17.0 Å². The Labute approximate surface area is 247 Å². The third kappa shape index (κ3) is 6.22.